The lowest BCUT2D eigenvalue weighted by Gasteiger charge is -2.26. The summed E-state index contributed by atoms with van der Waals surface area (Å²) in [5.74, 6) is 0.429. The van der Waals surface area contributed by atoms with Crippen LogP contribution in [0.15, 0.2) is 48.3 Å². The molecular weight excluding hydrogens is 242 g/mol. The van der Waals surface area contributed by atoms with Gasteiger partial charge in [0.15, 0.2) is 5.76 Å². The molecule has 2 aliphatic rings. The minimum atomic E-state index is -2.36. The van der Waals surface area contributed by atoms with Gasteiger partial charge in [-0.2, -0.15) is 0 Å². The van der Waals surface area contributed by atoms with Gasteiger partial charge < -0.3 is 14.0 Å². The molecule has 1 N–H and O–H groups in total. The summed E-state index contributed by atoms with van der Waals surface area (Å²) in [6, 6.07) is -0.511. The van der Waals surface area contributed by atoms with Crippen LogP contribution in [0.4, 0.5) is 0 Å². The molecule has 2 rings (SSSR count). The average Bonchev–Trinajstić information content (AvgIpc) is 2.38. The molecule has 0 saturated carbocycles. The third-order valence-corrected chi connectivity index (χ3v) is 2.87. The SMILES string of the molecule is O=S([O-])N[C@@H](C1=CC=CCC1)C1=COC=CO1. The van der Waals surface area contributed by atoms with E-state index in [0.717, 1.165) is 18.4 Å². The average molecular weight is 254 g/mol. The number of ether oxygens (including phenoxy) is 2. The lowest BCUT2D eigenvalue weighted by atomic mass is 9.97. The molecule has 0 spiro atoms. The van der Waals surface area contributed by atoms with Crippen LogP contribution in [0, 0.1) is 0 Å². The van der Waals surface area contributed by atoms with Gasteiger partial charge in [0.05, 0.1) is 0 Å². The molecule has 0 bridgehead atoms. The van der Waals surface area contributed by atoms with E-state index in [1.54, 1.807) is 0 Å². The Balaban J connectivity index is 2.18. The minimum Gasteiger partial charge on any atom is -0.760 e. The van der Waals surface area contributed by atoms with Gasteiger partial charge in [0.25, 0.3) is 0 Å². The summed E-state index contributed by atoms with van der Waals surface area (Å²) in [4.78, 5) is 0. The first-order valence-electron chi connectivity index (χ1n) is 5.15. The standard InChI is InChI=1S/C11H13NO4S/c13-17(14)12-11(9-4-2-1-3-5-9)10-8-15-6-7-16-10/h1-2,4,6-8,11-12H,3,5H2,(H,13,14)/p-1/t11-/m0/s1. The molecule has 1 aliphatic carbocycles. The summed E-state index contributed by atoms with van der Waals surface area (Å²) in [5.41, 5.74) is 0.946. The van der Waals surface area contributed by atoms with Gasteiger partial charge in [-0.05, 0) is 18.4 Å². The summed E-state index contributed by atoms with van der Waals surface area (Å²) >= 11 is -2.36. The van der Waals surface area contributed by atoms with Crippen LogP contribution >= 0.6 is 0 Å². The van der Waals surface area contributed by atoms with Crippen molar-refractivity contribution in [3.8, 4) is 0 Å². The molecule has 1 heterocycles. The van der Waals surface area contributed by atoms with E-state index in [1.165, 1.54) is 18.8 Å². The molecule has 6 heteroatoms. The molecule has 0 radical (unpaired) electrons. The van der Waals surface area contributed by atoms with Crippen LogP contribution in [0.1, 0.15) is 12.8 Å². The third kappa shape index (κ3) is 3.29. The molecule has 0 fully saturated rings. The Morgan fingerprint density at radius 3 is 2.94 bits per heavy atom. The van der Waals surface area contributed by atoms with E-state index < -0.39 is 17.3 Å². The minimum absolute atomic E-state index is 0.429. The second-order valence-corrected chi connectivity index (χ2v) is 4.25. The highest BCUT2D eigenvalue weighted by atomic mass is 32.2. The van der Waals surface area contributed by atoms with Crippen molar-refractivity contribution in [1.82, 2.24) is 4.72 Å². The quantitative estimate of drug-likeness (QED) is 0.769. The zero-order chi connectivity index (χ0) is 12.1. The molecule has 0 aromatic carbocycles. The van der Waals surface area contributed by atoms with Crippen LogP contribution in [0.5, 0.6) is 0 Å². The molecule has 0 aromatic heterocycles. The monoisotopic (exact) mass is 254 g/mol. The van der Waals surface area contributed by atoms with Gasteiger partial charge in [0, 0.05) is 11.3 Å². The van der Waals surface area contributed by atoms with Crippen LogP contribution in [0.2, 0.25) is 0 Å². The Hall–Kier alpha value is -1.37. The Morgan fingerprint density at radius 1 is 1.47 bits per heavy atom. The van der Waals surface area contributed by atoms with Crippen molar-refractivity contribution in [2.75, 3.05) is 0 Å². The maximum Gasteiger partial charge on any atom is 0.160 e. The van der Waals surface area contributed by atoms with Crippen molar-refractivity contribution in [2.24, 2.45) is 0 Å². The van der Waals surface area contributed by atoms with Gasteiger partial charge >= 0.3 is 0 Å². The van der Waals surface area contributed by atoms with E-state index in [4.69, 9.17) is 9.47 Å². The fourth-order valence-corrected chi connectivity index (χ4v) is 2.14. The molecule has 17 heavy (non-hydrogen) atoms. The first kappa shape index (κ1) is 12.1. The first-order chi connectivity index (χ1) is 8.27. The van der Waals surface area contributed by atoms with Crippen molar-refractivity contribution in [3.05, 3.63) is 48.3 Å². The normalized spacial score (nSPS) is 21.9. The van der Waals surface area contributed by atoms with Crippen molar-refractivity contribution in [2.45, 2.75) is 18.9 Å². The molecule has 0 aromatic rings. The van der Waals surface area contributed by atoms with E-state index in [9.17, 15) is 8.76 Å². The maximum absolute atomic E-state index is 10.8. The number of allylic oxidation sites excluding steroid dienone is 3. The van der Waals surface area contributed by atoms with Gasteiger partial charge in [0.2, 0.25) is 0 Å². The number of hydrogen-bond acceptors (Lipinski definition) is 4. The zero-order valence-corrected chi connectivity index (χ0v) is 9.81. The highest BCUT2D eigenvalue weighted by molar-refractivity contribution is 7.77. The van der Waals surface area contributed by atoms with E-state index in [-0.39, 0.29) is 0 Å². The molecule has 0 amide bonds. The van der Waals surface area contributed by atoms with E-state index in [0.29, 0.717) is 5.76 Å². The van der Waals surface area contributed by atoms with Crippen molar-refractivity contribution >= 4 is 11.3 Å². The Morgan fingerprint density at radius 2 is 2.35 bits per heavy atom. The summed E-state index contributed by atoms with van der Waals surface area (Å²) < 4.78 is 34.3. The predicted molar refractivity (Wildman–Crippen MR) is 61.7 cm³/mol. The van der Waals surface area contributed by atoms with E-state index >= 15 is 0 Å². The summed E-state index contributed by atoms with van der Waals surface area (Å²) in [6.07, 6.45) is 11.6. The van der Waals surface area contributed by atoms with Crippen LogP contribution in [0.25, 0.3) is 0 Å². The Bertz CT molecular complexity index is 425. The number of hydrogen-bond donors (Lipinski definition) is 1. The fourth-order valence-electron chi connectivity index (χ4n) is 1.68. The molecule has 1 unspecified atom stereocenters. The molecule has 2 atom stereocenters. The highest BCUT2D eigenvalue weighted by Crippen LogP contribution is 2.23. The van der Waals surface area contributed by atoms with Crippen LogP contribution in [-0.2, 0) is 20.7 Å². The summed E-state index contributed by atoms with van der Waals surface area (Å²) in [7, 11) is 0. The molecule has 1 aliphatic heterocycles. The van der Waals surface area contributed by atoms with Gasteiger partial charge in [-0.25, -0.2) is 4.72 Å². The highest BCUT2D eigenvalue weighted by Gasteiger charge is 2.22. The third-order valence-electron chi connectivity index (χ3n) is 2.44. The first-order valence-corrected chi connectivity index (χ1v) is 6.23. The molecule has 0 saturated heterocycles. The smallest absolute Gasteiger partial charge is 0.160 e. The van der Waals surface area contributed by atoms with Crippen molar-refractivity contribution in [1.29, 1.82) is 0 Å². The second-order valence-electron chi connectivity index (χ2n) is 3.54. The van der Waals surface area contributed by atoms with Crippen LogP contribution in [0.3, 0.4) is 0 Å². The lowest BCUT2D eigenvalue weighted by molar-refractivity contribution is 0.238. The molecule has 5 nitrogen and oxygen atoms in total. The number of nitrogens with one attached hydrogen (secondary N) is 1. The second kappa shape index (κ2) is 5.81. The van der Waals surface area contributed by atoms with Gasteiger partial charge in [0.1, 0.15) is 24.8 Å². The number of rotatable bonds is 4. The lowest BCUT2D eigenvalue weighted by Crippen LogP contribution is -2.35. The maximum atomic E-state index is 10.8. The molecular formula is C11H12NO4S-. The summed E-state index contributed by atoms with van der Waals surface area (Å²) in [6.45, 7) is 0. The van der Waals surface area contributed by atoms with Crippen molar-refractivity contribution < 1.29 is 18.2 Å². The van der Waals surface area contributed by atoms with Gasteiger partial charge in [-0.1, -0.05) is 18.2 Å². The largest absolute Gasteiger partial charge is 0.760 e. The van der Waals surface area contributed by atoms with E-state index in [1.807, 2.05) is 18.2 Å². The van der Waals surface area contributed by atoms with E-state index in [2.05, 4.69) is 4.72 Å². The van der Waals surface area contributed by atoms with Crippen molar-refractivity contribution in [3.63, 3.8) is 0 Å². The Labute approximate surface area is 102 Å². The van der Waals surface area contributed by atoms with Gasteiger partial charge in [-0.3, -0.25) is 4.21 Å². The zero-order valence-electron chi connectivity index (χ0n) is 9.00. The Kier molecular flexibility index (Phi) is 4.13. The topological polar surface area (TPSA) is 70.6 Å². The van der Waals surface area contributed by atoms with Gasteiger partial charge in [-0.15, -0.1) is 0 Å². The van der Waals surface area contributed by atoms with Crippen LogP contribution in [-0.4, -0.2) is 14.8 Å². The fraction of sp³-hybridized carbons (Fsp3) is 0.273. The molecule has 92 valence electrons. The predicted octanol–water partition coefficient (Wildman–Crippen LogP) is 1.37. The van der Waals surface area contributed by atoms with Crippen LogP contribution < -0.4 is 4.72 Å². The summed E-state index contributed by atoms with van der Waals surface area (Å²) in [5, 5.41) is 0.